The molecule has 2 aromatic rings. The van der Waals surface area contributed by atoms with Gasteiger partial charge >= 0.3 is 0 Å². The molecule has 0 fully saturated rings. The minimum Gasteiger partial charge on any atom is -0.496 e. The van der Waals surface area contributed by atoms with E-state index in [0.717, 1.165) is 11.3 Å². The molecule has 106 valence electrons. The van der Waals surface area contributed by atoms with Crippen molar-refractivity contribution in [3.63, 3.8) is 0 Å². The van der Waals surface area contributed by atoms with Crippen LogP contribution in [0.5, 0.6) is 11.6 Å². The van der Waals surface area contributed by atoms with Gasteiger partial charge in [-0.15, -0.1) is 0 Å². The zero-order chi connectivity index (χ0) is 14.5. The van der Waals surface area contributed by atoms with Gasteiger partial charge < -0.3 is 14.8 Å². The number of hydrogen-bond donors (Lipinski definition) is 1. The Morgan fingerprint density at radius 3 is 2.55 bits per heavy atom. The zero-order valence-corrected chi connectivity index (χ0v) is 12.3. The van der Waals surface area contributed by atoms with Crippen LogP contribution in [-0.2, 0) is 0 Å². The number of benzene rings is 1. The summed E-state index contributed by atoms with van der Waals surface area (Å²) in [6.45, 7) is 0. The van der Waals surface area contributed by atoms with Gasteiger partial charge in [-0.1, -0.05) is 11.6 Å². The average Bonchev–Trinajstić information content (AvgIpc) is 2.49. The maximum atomic E-state index is 6.09. The van der Waals surface area contributed by atoms with Gasteiger partial charge in [0, 0.05) is 23.0 Å². The molecule has 6 heteroatoms. The molecule has 0 saturated heterocycles. The molecule has 0 saturated carbocycles. The van der Waals surface area contributed by atoms with Gasteiger partial charge in [0.1, 0.15) is 11.4 Å². The van der Waals surface area contributed by atoms with E-state index in [-0.39, 0.29) is 6.04 Å². The molecular formula is C14H16ClN3O2. The van der Waals surface area contributed by atoms with Crippen LogP contribution in [-0.4, -0.2) is 31.2 Å². The lowest BCUT2D eigenvalue weighted by atomic mass is 10.0. The number of nitrogens with one attached hydrogen (secondary N) is 1. The Bertz CT molecular complexity index is 592. The van der Waals surface area contributed by atoms with Gasteiger partial charge in [-0.2, -0.15) is 0 Å². The van der Waals surface area contributed by atoms with Crippen LogP contribution in [0.15, 0.2) is 30.6 Å². The zero-order valence-electron chi connectivity index (χ0n) is 11.6. The van der Waals surface area contributed by atoms with Crippen molar-refractivity contribution in [1.82, 2.24) is 15.3 Å². The highest BCUT2D eigenvalue weighted by atomic mass is 35.5. The predicted molar refractivity (Wildman–Crippen MR) is 77.5 cm³/mol. The van der Waals surface area contributed by atoms with Crippen LogP contribution in [0.3, 0.4) is 0 Å². The first kappa shape index (κ1) is 14.6. The van der Waals surface area contributed by atoms with Crippen LogP contribution in [0.25, 0.3) is 0 Å². The van der Waals surface area contributed by atoms with Gasteiger partial charge in [-0.25, -0.2) is 4.98 Å². The van der Waals surface area contributed by atoms with Crippen molar-refractivity contribution in [2.24, 2.45) is 0 Å². The first-order valence-electron chi connectivity index (χ1n) is 6.06. The van der Waals surface area contributed by atoms with Gasteiger partial charge in [-0.3, -0.25) is 4.98 Å². The normalized spacial score (nSPS) is 12.0. The third-order valence-electron chi connectivity index (χ3n) is 2.95. The second-order valence-corrected chi connectivity index (χ2v) is 4.50. The fourth-order valence-corrected chi connectivity index (χ4v) is 2.24. The van der Waals surface area contributed by atoms with Crippen molar-refractivity contribution >= 4 is 11.6 Å². The summed E-state index contributed by atoms with van der Waals surface area (Å²) in [5.41, 5.74) is 1.55. The second kappa shape index (κ2) is 6.54. The number of rotatable bonds is 5. The third kappa shape index (κ3) is 2.84. The molecule has 1 unspecified atom stereocenters. The summed E-state index contributed by atoms with van der Waals surface area (Å²) in [6, 6.07) is 5.22. The summed E-state index contributed by atoms with van der Waals surface area (Å²) >= 11 is 6.09. The molecule has 1 N–H and O–H groups in total. The van der Waals surface area contributed by atoms with Gasteiger partial charge in [0.2, 0.25) is 5.88 Å². The molecule has 0 amide bonds. The van der Waals surface area contributed by atoms with Crippen molar-refractivity contribution in [2.75, 3.05) is 21.3 Å². The molecule has 5 nitrogen and oxygen atoms in total. The van der Waals surface area contributed by atoms with E-state index < -0.39 is 0 Å². The van der Waals surface area contributed by atoms with Crippen molar-refractivity contribution in [3.05, 3.63) is 46.9 Å². The minimum atomic E-state index is -0.229. The minimum absolute atomic E-state index is 0.229. The lowest BCUT2D eigenvalue weighted by Gasteiger charge is -2.20. The van der Waals surface area contributed by atoms with Crippen LogP contribution in [0, 0.1) is 0 Å². The van der Waals surface area contributed by atoms with Gasteiger partial charge in [0.05, 0.1) is 20.3 Å². The molecule has 1 heterocycles. The fourth-order valence-electron chi connectivity index (χ4n) is 2.06. The van der Waals surface area contributed by atoms with Crippen molar-refractivity contribution < 1.29 is 9.47 Å². The monoisotopic (exact) mass is 293 g/mol. The molecule has 0 spiro atoms. The Hall–Kier alpha value is -1.85. The molecule has 0 aliphatic heterocycles. The Kier molecular flexibility index (Phi) is 4.76. The van der Waals surface area contributed by atoms with E-state index in [9.17, 15) is 0 Å². The van der Waals surface area contributed by atoms with E-state index in [4.69, 9.17) is 21.1 Å². The molecule has 0 bridgehead atoms. The molecule has 1 aromatic carbocycles. The SMILES string of the molecule is CNC(c1cc(Cl)ccc1OC)c1nccnc1OC. The molecule has 0 aliphatic carbocycles. The van der Waals surface area contributed by atoms with Crippen molar-refractivity contribution in [2.45, 2.75) is 6.04 Å². The van der Waals surface area contributed by atoms with E-state index >= 15 is 0 Å². The summed E-state index contributed by atoms with van der Waals surface area (Å²) < 4.78 is 10.7. The van der Waals surface area contributed by atoms with Gasteiger partial charge in [-0.05, 0) is 25.2 Å². The predicted octanol–water partition coefficient (Wildman–Crippen LogP) is 2.46. The molecular weight excluding hydrogens is 278 g/mol. The molecule has 1 aromatic heterocycles. The number of ether oxygens (including phenoxy) is 2. The van der Waals surface area contributed by atoms with Crippen LogP contribution >= 0.6 is 11.6 Å². The Labute approximate surface area is 122 Å². The number of halogens is 1. The van der Waals surface area contributed by atoms with Gasteiger partial charge in [0.15, 0.2) is 0 Å². The fraction of sp³-hybridized carbons (Fsp3) is 0.286. The topological polar surface area (TPSA) is 56.3 Å². The highest BCUT2D eigenvalue weighted by molar-refractivity contribution is 6.30. The van der Waals surface area contributed by atoms with Crippen molar-refractivity contribution in [1.29, 1.82) is 0 Å². The maximum Gasteiger partial charge on any atom is 0.237 e. The summed E-state index contributed by atoms with van der Waals surface area (Å²) in [7, 11) is 5.02. The summed E-state index contributed by atoms with van der Waals surface area (Å²) in [6.07, 6.45) is 3.21. The maximum absolute atomic E-state index is 6.09. The quantitative estimate of drug-likeness (QED) is 0.918. The molecule has 0 aliphatic rings. The number of methoxy groups -OCH3 is 2. The Morgan fingerprint density at radius 2 is 1.90 bits per heavy atom. The van der Waals surface area contributed by atoms with Gasteiger partial charge in [0.25, 0.3) is 0 Å². The van der Waals surface area contributed by atoms with E-state index in [0.29, 0.717) is 16.6 Å². The number of aromatic nitrogens is 2. The third-order valence-corrected chi connectivity index (χ3v) is 3.18. The summed E-state index contributed by atoms with van der Waals surface area (Å²) in [5.74, 6) is 1.19. The first-order valence-corrected chi connectivity index (χ1v) is 6.44. The van der Waals surface area contributed by atoms with Crippen LogP contribution in [0.1, 0.15) is 17.3 Å². The average molecular weight is 294 g/mol. The largest absolute Gasteiger partial charge is 0.496 e. The second-order valence-electron chi connectivity index (χ2n) is 4.06. The van der Waals surface area contributed by atoms with Crippen LogP contribution in [0.2, 0.25) is 5.02 Å². The Morgan fingerprint density at radius 1 is 1.15 bits per heavy atom. The number of nitrogens with zero attached hydrogens (tertiary/aromatic N) is 2. The molecule has 0 radical (unpaired) electrons. The molecule has 20 heavy (non-hydrogen) atoms. The lowest BCUT2D eigenvalue weighted by Crippen LogP contribution is -2.20. The summed E-state index contributed by atoms with van der Waals surface area (Å²) in [4.78, 5) is 8.52. The smallest absolute Gasteiger partial charge is 0.237 e. The highest BCUT2D eigenvalue weighted by Crippen LogP contribution is 2.33. The van der Waals surface area contributed by atoms with Crippen LogP contribution < -0.4 is 14.8 Å². The van der Waals surface area contributed by atoms with E-state index in [1.807, 2.05) is 19.2 Å². The highest BCUT2D eigenvalue weighted by Gasteiger charge is 2.22. The first-order chi connectivity index (χ1) is 9.71. The van der Waals surface area contributed by atoms with E-state index in [1.165, 1.54) is 0 Å². The standard InChI is InChI=1S/C14H16ClN3O2/c1-16-12(13-14(20-3)18-7-6-17-13)10-8-9(15)4-5-11(10)19-2/h4-8,12,16H,1-3H3. The van der Waals surface area contributed by atoms with E-state index in [2.05, 4.69) is 15.3 Å². The summed E-state index contributed by atoms with van der Waals surface area (Å²) in [5, 5.41) is 3.82. The van der Waals surface area contributed by atoms with Crippen LogP contribution in [0.4, 0.5) is 0 Å². The van der Waals surface area contributed by atoms with E-state index in [1.54, 1.807) is 32.7 Å². The number of hydrogen-bond acceptors (Lipinski definition) is 5. The lowest BCUT2D eigenvalue weighted by molar-refractivity contribution is 0.380. The Balaban J connectivity index is 2.55. The van der Waals surface area contributed by atoms with Crippen molar-refractivity contribution in [3.8, 4) is 11.6 Å². The molecule has 1 atom stereocenters. The molecule has 2 rings (SSSR count).